The molecule has 3 aliphatic rings. The zero-order valence-electron chi connectivity index (χ0n) is 16.3. The first-order valence-electron chi connectivity index (χ1n) is 9.78. The van der Waals surface area contributed by atoms with Crippen molar-refractivity contribution in [2.45, 2.75) is 43.9 Å². The van der Waals surface area contributed by atoms with Crippen LogP contribution in [-0.2, 0) is 21.7 Å². The topological polar surface area (TPSA) is 85.9 Å². The van der Waals surface area contributed by atoms with Crippen molar-refractivity contribution in [3.05, 3.63) is 47.8 Å². The van der Waals surface area contributed by atoms with Crippen LogP contribution in [0, 0.1) is 5.41 Å². The van der Waals surface area contributed by atoms with Crippen LogP contribution in [0.2, 0.25) is 0 Å². The molecule has 0 saturated heterocycles. The lowest BCUT2D eigenvalue weighted by molar-refractivity contribution is -0.232. The number of fused-ring (bicyclic) bond motifs is 3. The predicted octanol–water partition coefficient (Wildman–Crippen LogP) is 2.62. The van der Waals surface area contributed by atoms with E-state index in [1.54, 1.807) is 24.6 Å². The Morgan fingerprint density at radius 3 is 2.64 bits per heavy atom. The number of methoxy groups -OCH3 is 1. The van der Waals surface area contributed by atoms with Crippen LogP contribution in [0.15, 0.2) is 41.7 Å². The van der Waals surface area contributed by atoms with Crippen molar-refractivity contribution in [1.29, 1.82) is 0 Å². The van der Waals surface area contributed by atoms with Crippen LogP contribution < -0.4 is 5.73 Å². The maximum atomic E-state index is 6.44. The number of rotatable bonds is 2. The number of hydrogen-bond donors (Lipinski definition) is 1. The number of benzene rings is 1. The lowest BCUT2D eigenvalue weighted by Gasteiger charge is -2.45. The van der Waals surface area contributed by atoms with Crippen LogP contribution in [0.25, 0.3) is 11.1 Å². The Balaban J connectivity index is 1.63. The van der Waals surface area contributed by atoms with Crippen LogP contribution in [0.5, 0.6) is 0 Å². The van der Waals surface area contributed by atoms with Gasteiger partial charge in [-0.1, -0.05) is 12.1 Å². The van der Waals surface area contributed by atoms with E-state index in [4.69, 9.17) is 20.3 Å². The summed E-state index contributed by atoms with van der Waals surface area (Å²) in [5.41, 5.74) is 9.84. The van der Waals surface area contributed by atoms with Crippen LogP contribution >= 0.6 is 0 Å². The van der Waals surface area contributed by atoms with Gasteiger partial charge >= 0.3 is 0 Å². The molecule has 0 amide bonds. The van der Waals surface area contributed by atoms with Gasteiger partial charge in [0.1, 0.15) is 0 Å². The average Bonchev–Trinajstić information content (AvgIpc) is 3.17. The second-order valence-electron chi connectivity index (χ2n) is 8.10. The number of hydroxylamine groups is 2. The molecule has 2 aromatic rings. The van der Waals surface area contributed by atoms with E-state index in [1.165, 1.54) is 5.56 Å². The fraction of sp³-hybridized carbons (Fsp3) is 0.476. The lowest BCUT2D eigenvalue weighted by atomic mass is 9.66. The summed E-state index contributed by atoms with van der Waals surface area (Å²) in [6.45, 7) is 0. The largest absolute Gasteiger partial charge is 0.381 e. The van der Waals surface area contributed by atoms with Gasteiger partial charge in [0.05, 0.1) is 18.5 Å². The van der Waals surface area contributed by atoms with Crippen LogP contribution in [0.4, 0.5) is 0 Å². The molecule has 2 N–H and O–H groups in total. The van der Waals surface area contributed by atoms with E-state index in [-0.39, 0.29) is 5.41 Å². The van der Waals surface area contributed by atoms with E-state index in [0.717, 1.165) is 48.8 Å². The quantitative estimate of drug-likeness (QED) is 0.863. The van der Waals surface area contributed by atoms with Crippen LogP contribution in [-0.4, -0.2) is 41.5 Å². The summed E-state index contributed by atoms with van der Waals surface area (Å²) in [6.07, 6.45) is 8.76. The van der Waals surface area contributed by atoms with E-state index in [0.29, 0.717) is 12.1 Å². The number of aliphatic imine (C=N–C) groups is 1. The molecule has 2 spiro atoms. The first-order valence-corrected chi connectivity index (χ1v) is 9.78. The van der Waals surface area contributed by atoms with Crippen molar-refractivity contribution in [2.75, 3.05) is 14.2 Å². The third-order valence-electron chi connectivity index (χ3n) is 6.73. The van der Waals surface area contributed by atoms with Gasteiger partial charge in [0.15, 0.2) is 0 Å². The molecule has 5 rings (SSSR count). The third-order valence-corrected chi connectivity index (χ3v) is 6.73. The highest BCUT2D eigenvalue weighted by Gasteiger charge is 2.63. The highest BCUT2D eigenvalue weighted by molar-refractivity contribution is 5.79. The molecule has 2 heterocycles. The number of hydrogen-bond acceptors (Lipinski definition) is 7. The van der Waals surface area contributed by atoms with Gasteiger partial charge in [0.25, 0.3) is 0 Å². The molecule has 1 aliphatic heterocycles. The fourth-order valence-corrected chi connectivity index (χ4v) is 5.17. The Morgan fingerprint density at radius 1 is 1.18 bits per heavy atom. The molecule has 1 saturated carbocycles. The second-order valence-corrected chi connectivity index (χ2v) is 8.10. The molecular formula is C21H25N5O2. The summed E-state index contributed by atoms with van der Waals surface area (Å²) in [7, 11) is 3.63. The summed E-state index contributed by atoms with van der Waals surface area (Å²) in [6, 6.07) is 8.51. The number of aromatic nitrogens is 2. The summed E-state index contributed by atoms with van der Waals surface area (Å²) in [4.78, 5) is 11.4. The maximum absolute atomic E-state index is 6.44. The molecule has 0 bridgehead atoms. The summed E-state index contributed by atoms with van der Waals surface area (Å²) in [5, 5.41) is 9.51. The molecular weight excluding hydrogens is 354 g/mol. The van der Waals surface area contributed by atoms with E-state index >= 15 is 0 Å². The SMILES string of the molecule is COC1CCC2(CC1)Cc1ccc(-c3ccnnc3)cc1C21N=C(N)N(C)O1. The van der Waals surface area contributed by atoms with Gasteiger partial charge in [0, 0.05) is 30.7 Å². The number of nitrogens with zero attached hydrogens (tertiary/aromatic N) is 4. The molecule has 1 fully saturated rings. The standard InChI is InChI=1S/C21H25N5O2/c1-26-19(22)25-21(28-26)18-11-14(16-7-10-23-24-13-16)3-4-15(18)12-20(21)8-5-17(27-2)6-9-20/h3-4,7,10-11,13,17H,5-6,8-9,12H2,1-2H3,(H2,22,25). The smallest absolute Gasteiger partial charge is 0.220 e. The molecule has 1 aromatic heterocycles. The molecule has 28 heavy (non-hydrogen) atoms. The first kappa shape index (κ1) is 17.6. The lowest BCUT2D eigenvalue weighted by Crippen LogP contribution is -2.46. The van der Waals surface area contributed by atoms with Gasteiger partial charge in [0.2, 0.25) is 11.7 Å². The number of guanidine groups is 1. The minimum absolute atomic E-state index is 0.102. The number of ether oxygens (including phenoxy) is 1. The van der Waals surface area contributed by atoms with E-state index < -0.39 is 5.72 Å². The van der Waals surface area contributed by atoms with Crippen LogP contribution in [0.3, 0.4) is 0 Å². The molecule has 1 atom stereocenters. The van der Waals surface area contributed by atoms with Gasteiger partial charge in [-0.05, 0) is 55.4 Å². The van der Waals surface area contributed by atoms with Crippen molar-refractivity contribution < 1.29 is 9.57 Å². The minimum atomic E-state index is -0.768. The molecule has 1 aromatic carbocycles. The van der Waals surface area contributed by atoms with Crippen molar-refractivity contribution >= 4 is 5.96 Å². The minimum Gasteiger partial charge on any atom is -0.381 e. The van der Waals surface area contributed by atoms with E-state index in [9.17, 15) is 0 Å². The van der Waals surface area contributed by atoms with Gasteiger partial charge in [-0.25, -0.2) is 14.9 Å². The normalized spacial score (nSPS) is 31.4. The fourth-order valence-electron chi connectivity index (χ4n) is 5.17. The van der Waals surface area contributed by atoms with Crippen LogP contribution in [0.1, 0.15) is 36.8 Å². The van der Waals surface area contributed by atoms with Gasteiger partial charge < -0.3 is 10.5 Å². The highest BCUT2D eigenvalue weighted by Crippen LogP contribution is 2.62. The molecule has 146 valence electrons. The average molecular weight is 379 g/mol. The Hall–Kier alpha value is -2.51. The maximum Gasteiger partial charge on any atom is 0.220 e. The highest BCUT2D eigenvalue weighted by atomic mass is 16.7. The van der Waals surface area contributed by atoms with Gasteiger partial charge in [-0.3, -0.25) is 0 Å². The van der Waals surface area contributed by atoms with Crippen molar-refractivity contribution in [2.24, 2.45) is 16.1 Å². The summed E-state index contributed by atoms with van der Waals surface area (Å²) in [5.74, 6) is 0.428. The van der Waals surface area contributed by atoms with Gasteiger partial charge in [-0.2, -0.15) is 10.2 Å². The van der Waals surface area contributed by atoms with Crippen molar-refractivity contribution in [3.63, 3.8) is 0 Å². The predicted molar refractivity (Wildman–Crippen MR) is 105 cm³/mol. The van der Waals surface area contributed by atoms with Crippen molar-refractivity contribution in [3.8, 4) is 11.1 Å². The van der Waals surface area contributed by atoms with E-state index in [2.05, 4.69) is 28.4 Å². The van der Waals surface area contributed by atoms with Crippen molar-refractivity contribution in [1.82, 2.24) is 15.3 Å². The summed E-state index contributed by atoms with van der Waals surface area (Å²) < 4.78 is 5.62. The second kappa shape index (κ2) is 6.25. The Morgan fingerprint density at radius 2 is 2.00 bits per heavy atom. The monoisotopic (exact) mass is 379 g/mol. The first-order chi connectivity index (χ1) is 13.6. The zero-order valence-corrected chi connectivity index (χ0v) is 16.3. The Kier molecular flexibility index (Phi) is 3.93. The Bertz CT molecular complexity index is 924. The molecule has 1 unspecified atom stereocenters. The number of nitrogens with two attached hydrogens (primary N) is 1. The third kappa shape index (κ3) is 2.39. The van der Waals surface area contributed by atoms with E-state index in [1.807, 2.05) is 13.1 Å². The summed E-state index contributed by atoms with van der Waals surface area (Å²) >= 11 is 0. The molecule has 7 heteroatoms. The van der Waals surface area contributed by atoms with Gasteiger partial charge in [-0.15, -0.1) is 0 Å². The Labute approximate surface area is 164 Å². The molecule has 0 radical (unpaired) electrons. The molecule has 7 nitrogen and oxygen atoms in total. The molecule has 2 aliphatic carbocycles. The zero-order chi connectivity index (χ0) is 19.4.